The number of ketones is 1. The summed E-state index contributed by atoms with van der Waals surface area (Å²) in [4.78, 5) is 31.7. The number of imidazole rings is 1. The summed E-state index contributed by atoms with van der Waals surface area (Å²) in [6.45, 7) is 0.925. The minimum absolute atomic E-state index is 0.0390. The largest absolute Gasteiger partial charge is 0.503 e. The molecule has 4 rings (SSSR count). The van der Waals surface area contributed by atoms with E-state index in [1.807, 2.05) is 10.8 Å². The van der Waals surface area contributed by atoms with E-state index in [9.17, 15) is 14.7 Å². The van der Waals surface area contributed by atoms with E-state index in [2.05, 4.69) is 4.98 Å². The Bertz CT molecular complexity index is 1130. The molecule has 1 amide bonds. The summed E-state index contributed by atoms with van der Waals surface area (Å²) in [5.41, 5.74) is 0.513. The number of amides is 1. The van der Waals surface area contributed by atoms with Crippen LogP contribution in [-0.2, 0) is 11.3 Å². The first-order valence-corrected chi connectivity index (χ1v) is 10.0. The van der Waals surface area contributed by atoms with Crippen molar-refractivity contribution in [1.82, 2.24) is 14.5 Å². The van der Waals surface area contributed by atoms with Crippen molar-refractivity contribution in [3.63, 3.8) is 0 Å². The summed E-state index contributed by atoms with van der Waals surface area (Å²) in [5.74, 6) is -0.724. The van der Waals surface area contributed by atoms with Crippen LogP contribution in [0.5, 0.6) is 11.5 Å². The van der Waals surface area contributed by atoms with Crippen LogP contribution in [0.4, 0.5) is 0 Å². The monoisotopic (exact) mass is 437 g/mol. The summed E-state index contributed by atoms with van der Waals surface area (Å²) < 4.78 is 17.9. The first-order valence-electron chi connectivity index (χ1n) is 10.0. The van der Waals surface area contributed by atoms with Gasteiger partial charge in [0.15, 0.2) is 11.5 Å². The van der Waals surface area contributed by atoms with Gasteiger partial charge >= 0.3 is 0 Å². The third-order valence-corrected chi connectivity index (χ3v) is 5.40. The molecular weight excluding hydrogens is 414 g/mol. The quantitative estimate of drug-likeness (QED) is 0.513. The highest BCUT2D eigenvalue weighted by Gasteiger charge is 2.45. The van der Waals surface area contributed by atoms with E-state index in [0.29, 0.717) is 36.6 Å². The Balaban J connectivity index is 1.73. The van der Waals surface area contributed by atoms with Crippen molar-refractivity contribution >= 4 is 11.7 Å². The highest BCUT2D eigenvalue weighted by molar-refractivity contribution is 6.15. The van der Waals surface area contributed by atoms with Gasteiger partial charge in [-0.1, -0.05) is 0 Å². The number of methoxy groups -OCH3 is 2. The Morgan fingerprint density at radius 1 is 1.22 bits per heavy atom. The SMILES string of the molecule is COc1ccc([C@H]2C(C(=O)c3ccco3)=C(O)C(=O)N2CCCn2ccnc2)c(OC)c1. The molecule has 0 saturated heterocycles. The van der Waals surface area contributed by atoms with Gasteiger partial charge < -0.3 is 28.5 Å². The van der Waals surface area contributed by atoms with Gasteiger partial charge in [0.05, 0.1) is 38.4 Å². The maximum atomic E-state index is 13.2. The topological polar surface area (TPSA) is 107 Å². The molecule has 0 radical (unpaired) electrons. The lowest BCUT2D eigenvalue weighted by molar-refractivity contribution is -0.129. The molecular formula is C23H23N3O6. The Morgan fingerprint density at radius 3 is 2.72 bits per heavy atom. The molecule has 9 nitrogen and oxygen atoms in total. The van der Waals surface area contributed by atoms with Gasteiger partial charge in [-0.05, 0) is 30.7 Å². The Morgan fingerprint density at radius 2 is 2.06 bits per heavy atom. The molecule has 1 aromatic carbocycles. The van der Waals surface area contributed by atoms with Crippen molar-refractivity contribution in [2.75, 3.05) is 20.8 Å². The van der Waals surface area contributed by atoms with E-state index in [0.717, 1.165) is 0 Å². The van der Waals surface area contributed by atoms with Crippen LogP contribution in [0.1, 0.15) is 28.6 Å². The molecule has 1 atom stereocenters. The number of hydrogen-bond donors (Lipinski definition) is 1. The van der Waals surface area contributed by atoms with E-state index in [4.69, 9.17) is 13.9 Å². The average Bonchev–Trinajstić information content (AvgIpc) is 3.57. The van der Waals surface area contributed by atoms with Gasteiger partial charge in [0.25, 0.3) is 5.91 Å². The third-order valence-electron chi connectivity index (χ3n) is 5.40. The molecule has 3 aromatic rings. The number of carbonyl (C=O) groups excluding carboxylic acids is 2. The molecule has 0 fully saturated rings. The fourth-order valence-corrected chi connectivity index (χ4v) is 3.87. The van der Waals surface area contributed by atoms with Crippen LogP contribution < -0.4 is 9.47 Å². The molecule has 0 unspecified atom stereocenters. The number of aromatic nitrogens is 2. The molecule has 0 aliphatic carbocycles. The molecule has 1 aliphatic rings. The number of furan rings is 1. The van der Waals surface area contributed by atoms with Crippen molar-refractivity contribution in [1.29, 1.82) is 0 Å². The fraction of sp³-hybridized carbons (Fsp3) is 0.261. The van der Waals surface area contributed by atoms with Crippen LogP contribution in [0.3, 0.4) is 0 Å². The second-order valence-corrected chi connectivity index (χ2v) is 7.23. The molecule has 166 valence electrons. The van der Waals surface area contributed by atoms with Crippen LogP contribution in [0.15, 0.2) is 71.1 Å². The third kappa shape index (κ3) is 3.84. The maximum absolute atomic E-state index is 13.2. The van der Waals surface area contributed by atoms with E-state index in [1.165, 1.54) is 31.4 Å². The van der Waals surface area contributed by atoms with Gasteiger partial charge in [0.1, 0.15) is 11.5 Å². The number of aliphatic hydroxyl groups excluding tert-OH is 1. The normalized spacial score (nSPS) is 16.0. The summed E-state index contributed by atoms with van der Waals surface area (Å²) in [6.07, 6.45) is 7.16. The second-order valence-electron chi connectivity index (χ2n) is 7.23. The molecule has 0 bridgehead atoms. The minimum atomic E-state index is -0.844. The summed E-state index contributed by atoms with van der Waals surface area (Å²) in [7, 11) is 3.03. The number of Topliss-reactive ketones (excluding diaryl/α,β-unsaturated/α-hetero) is 1. The molecule has 3 heterocycles. The summed E-state index contributed by atoms with van der Waals surface area (Å²) in [6, 6.07) is 7.35. The molecule has 0 saturated carbocycles. The lowest BCUT2D eigenvalue weighted by Gasteiger charge is -2.28. The van der Waals surface area contributed by atoms with Crippen LogP contribution >= 0.6 is 0 Å². The molecule has 1 aliphatic heterocycles. The van der Waals surface area contributed by atoms with Crippen LogP contribution in [0.2, 0.25) is 0 Å². The first-order chi connectivity index (χ1) is 15.5. The van der Waals surface area contributed by atoms with Crippen LogP contribution in [0.25, 0.3) is 0 Å². The number of nitrogens with zero attached hydrogens (tertiary/aromatic N) is 3. The highest BCUT2D eigenvalue weighted by atomic mass is 16.5. The predicted octanol–water partition coefficient (Wildman–Crippen LogP) is 3.16. The number of rotatable bonds is 9. The Hall–Kier alpha value is -4.01. The number of ether oxygens (including phenoxy) is 2. The van der Waals surface area contributed by atoms with Gasteiger partial charge in [0, 0.05) is 37.1 Å². The lowest BCUT2D eigenvalue weighted by Crippen LogP contribution is -2.32. The number of carbonyl (C=O) groups is 2. The van der Waals surface area contributed by atoms with Crippen molar-refractivity contribution in [2.24, 2.45) is 0 Å². The fourth-order valence-electron chi connectivity index (χ4n) is 3.87. The molecule has 1 N–H and O–H groups in total. The van der Waals surface area contributed by atoms with Crippen molar-refractivity contribution in [3.8, 4) is 11.5 Å². The smallest absolute Gasteiger partial charge is 0.290 e. The van der Waals surface area contributed by atoms with Crippen LogP contribution in [-0.4, -0.2) is 52.0 Å². The lowest BCUT2D eigenvalue weighted by atomic mass is 9.94. The standard InChI is InChI=1S/C23H23N3O6/c1-30-15-6-7-16(18(13-15)31-2)20-19(21(27)17-5-3-12-32-17)22(28)23(29)26(20)10-4-9-25-11-8-24-14-25/h3,5-8,11-14,20,28H,4,9-10H2,1-2H3/t20-/m0/s1. The van der Waals surface area contributed by atoms with Crippen molar-refractivity contribution < 1.29 is 28.6 Å². The Kier molecular flexibility index (Phi) is 5.98. The van der Waals surface area contributed by atoms with Crippen molar-refractivity contribution in [3.05, 3.63) is 78.0 Å². The van der Waals surface area contributed by atoms with Gasteiger partial charge in [-0.3, -0.25) is 9.59 Å². The minimum Gasteiger partial charge on any atom is -0.503 e. The zero-order chi connectivity index (χ0) is 22.7. The average molecular weight is 437 g/mol. The second kappa shape index (κ2) is 9.01. The van der Waals surface area contributed by atoms with E-state index in [1.54, 1.807) is 36.8 Å². The molecule has 2 aromatic heterocycles. The maximum Gasteiger partial charge on any atom is 0.290 e. The number of benzene rings is 1. The van der Waals surface area contributed by atoms with Gasteiger partial charge in [-0.15, -0.1) is 0 Å². The number of aryl methyl sites for hydroxylation is 1. The van der Waals surface area contributed by atoms with Crippen LogP contribution in [0, 0.1) is 0 Å². The molecule has 0 spiro atoms. The Labute approximate surface area is 184 Å². The van der Waals surface area contributed by atoms with Gasteiger partial charge in [-0.2, -0.15) is 0 Å². The van der Waals surface area contributed by atoms with Crippen molar-refractivity contribution in [2.45, 2.75) is 19.0 Å². The van der Waals surface area contributed by atoms with Gasteiger partial charge in [0.2, 0.25) is 5.78 Å². The molecule has 32 heavy (non-hydrogen) atoms. The first kappa shape index (κ1) is 21.2. The number of aliphatic hydroxyl groups is 1. The van der Waals surface area contributed by atoms with Gasteiger partial charge in [-0.25, -0.2) is 4.98 Å². The summed E-state index contributed by atoms with van der Waals surface area (Å²) in [5, 5.41) is 10.7. The zero-order valence-electron chi connectivity index (χ0n) is 17.7. The highest BCUT2D eigenvalue weighted by Crippen LogP contribution is 2.43. The van der Waals surface area contributed by atoms with E-state index >= 15 is 0 Å². The van der Waals surface area contributed by atoms with E-state index < -0.39 is 23.5 Å². The molecule has 9 heteroatoms. The predicted molar refractivity (Wildman–Crippen MR) is 114 cm³/mol. The van der Waals surface area contributed by atoms with E-state index in [-0.39, 0.29) is 11.3 Å². The number of hydrogen-bond acceptors (Lipinski definition) is 7. The summed E-state index contributed by atoms with van der Waals surface area (Å²) >= 11 is 0. The zero-order valence-corrected chi connectivity index (χ0v) is 17.7.